The van der Waals surface area contributed by atoms with Crippen LogP contribution in [-0.2, 0) is 0 Å². The second-order valence-corrected chi connectivity index (χ2v) is 4.80. The van der Waals surface area contributed by atoms with E-state index in [0.717, 1.165) is 0 Å². The smallest absolute Gasteiger partial charge is 0.291 e. The van der Waals surface area contributed by atoms with Crippen LogP contribution in [0.1, 0.15) is 20.9 Å². The second kappa shape index (κ2) is 7.79. The predicted molar refractivity (Wildman–Crippen MR) is 89.4 cm³/mol. The van der Waals surface area contributed by atoms with Gasteiger partial charge < -0.3 is 14.6 Å². The maximum Gasteiger partial charge on any atom is 0.291 e. The van der Waals surface area contributed by atoms with E-state index in [1.165, 1.54) is 6.26 Å². The van der Waals surface area contributed by atoms with E-state index >= 15 is 0 Å². The van der Waals surface area contributed by atoms with Gasteiger partial charge in [0.2, 0.25) is 0 Å². The minimum atomic E-state index is -0.339. The Kier molecular flexibility index (Phi) is 5.52. The Hall–Kier alpha value is -3.08. The van der Waals surface area contributed by atoms with Gasteiger partial charge in [0.05, 0.1) is 6.26 Å². The van der Waals surface area contributed by atoms with Gasteiger partial charge in [-0.3, -0.25) is 9.59 Å². The van der Waals surface area contributed by atoms with Crippen molar-refractivity contribution in [3.63, 3.8) is 0 Å². The molecular weight excluding hydrogens is 292 g/mol. The van der Waals surface area contributed by atoms with Crippen LogP contribution in [0.4, 0.5) is 5.69 Å². The molecule has 2 aromatic rings. The molecule has 2 amide bonds. The summed E-state index contributed by atoms with van der Waals surface area (Å²) >= 11 is 0. The molecule has 0 aliphatic rings. The molecule has 1 aromatic carbocycles. The van der Waals surface area contributed by atoms with Crippen LogP contribution in [0.5, 0.6) is 0 Å². The number of anilines is 1. The first-order valence-corrected chi connectivity index (χ1v) is 7.11. The topological polar surface area (TPSA) is 62.6 Å². The molecule has 0 spiro atoms. The number of nitrogens with zero attached hydrogens (tertiary/aromatic N) is 1. The molecule has 0 saturated carbocycles. The first kappa shape index (κ1) is 16.3. The summed E-state index contributed by atoms with van der Waals surface area (Å²) < 4.78 is 5.02. The van der Waals surface area contributed by atoms with Crippen molar-refractivity contribution < 1.29 is 14.0 Å². The summed E-state index contributed by atoms with van der Waals surface area (Å²) in [7, 11) is 0. The summed E-state index contributed by atoms with van der Waals surface area (Å²) in [5.41, 5.74) is 1.12. The lowest BCUT2D eigenvalue weighted by Crippen LogP contribution is -2.31. The molecule has 0 radical (unpaired) electrons. The predicted octanol–water partition coefficient (Wildman–Crippen LogP) is 3.35. The number of carbonyl (C=O) groups is 2. The highest BCUT2D eigenvalue weighted by Crippen LogP contribution is 2.13. The lowest BCUT2D eigenvalue weighted by molar-refractivity contribution is 0.0790. The summed E-state index contributed by atoms with van der Waals surface area (Å²) in [5.74, 6) is -0.226. The van der Waals surface area contributed by atoms with Crippen molar-refractivity contribution in [2.75, 3.05) is 18.4 Å². The van der Waals surface area contributed by atoms with E-state index in [9.17, 15) is 9.59 Å². The molecule has 0 aliphatic carbocycles. The number of rotatable bonds is 7. The van der Waals surface area contributed by atoms with E-state index in [0.29, 0.717) is 24.3 Å². The van der Waals surface area contributed by atoms with Gasteiger partial charge in [0.15, 0.2) is 5.76 Å². The maximum atomic E-state index is 12.4. The van der Waals surface area contributed by atoms with E-state index in [-0.39, 0.29) is 17.6 Å². The molecule has 1 N–H and O–H groups in total. The largest absolute Gasteiger partial charge is 0.459 e. The van der Waals surface area contributed by atoms with E-state index in [1.54, 1.807) is 53.5 Å². The highest BCUT2D eigenvalue weighted by atomic mass is 16.3. The molecule has 1 aromatic heterocycles. The van der Waals surface area contributed by atoms with Gasteiger partial charge in [-0.2, -0.15) is 0 Å². The van der Waals surface area contributed by atoms with Gasteiger partial charge in [0.1, 0.15) is 0 Å². The zero-order chi connectivity index (χ0) is 16.7. The fraction of sp³-hybridized carbons (Fsp3) is 0.111. The zero-order valence-electron chi connectivity index (χ0n) is 12.7. The molecule has 23 heavy (non-hydrogen) atoms. The first-order valence-electron chi connectivity index (χ1n) is 7.11. The highest BCUT2D eigenvalue weighted by molar-refractivity contribution is 6.02. The Balaban J connectivity index is 2.06. The Bertz CT molecular complexity index is 678. The number of nitrogens with one attached hydrogen (secondary N) is 1. The van der Waals surface area contributed by atoms with Crippen LogP contribution >= 0.6 is 0 Å². The number of hydrogen-bond donors (Lipinski definition) is 1. The molecule has 0 fully saturated rings. The molecule has 0 aliphatic heterocycles. The Morgan fingerprint density at radius 1 is 1.09 bits per heavy atom. The average molecular weight is 310 g/mol. The molecule has 2 rings (SSSR count). The minimum absolute atomic E-state index is 0.117. The third-order valence-corrected chi connectivity index (χ3v) is 3.12. The number of benzene rings is 1. The van der Waals surface area contributed by atoms with Gasteiger partial charge in [0.25, 0.3) is 11.8 Å². The van der Waals surface area contributed by atoms with Gasteiger partial charge in [-0.25, -0.2) is 0 Å². The van der Waals surface area contributed by atoms with Crippen molar-refractivity contribution in [3.8, 4) is 0 Å². The molecule has 0 unspecified atom stereocenters. The van der Waals surface area contributed by atoms with Gasteiger partial charge in [-0.1, -0.05) is 12.2 Å². The van der Waals surface area contributed by atoms with Gasteiger partial charge >= 0.3 is 0 Å². The standard InChI is InChI=1S/C18H18N2O3/c1-3-11-20(12-4-2)18(22)14-7-9-15(10-8-14)19-17(21)16-6-5-13-23-16/h3-10,13H,1-2,11-12H2,(H,19,21). The Labute approximate surface area is 134 Å². The van der Waals surface area contributed by atoms with Crippen molar-refractivity contribution in [2.45, 2.75) is 0 Å². The second-order valence-electron chi connectivity index (χ2n) is 4.80. The van der Waals surface area contributed by atoms with Crippen LogP contribution < -0.4 is 5.32 Å². The SMILES string of the molecule is C=CCN(CC=C)C(=O)c1ccc(NC(=O)c2ccco2)cc1. The van der Waals surface area contributed by atoms with E-state index < -0.39 is 0 Å². The monoisotopic (exact) mass is 310 g/mol. The van der Waals surface area contributed by atoms with E-state index in [1.807, 2.05) is 0 Å². The van der Waals surface area contributed by atoms with Crippen LogP contribution in [0, 0.1) is 0 Å². The van der Waals surface area contributed by atoms with Crippen molar-refractivity contribution in [3.05, 3.63) is 79.3 Å². The zero-order valence-corrected chi connectivity index (χ0v) is 12.7. The maximum absolute atomic E-state index is 12.4. The summed E-state index contributed by atoms with van der Waals surface area (Å²) in [5, 5.41) is 2.70. The molecule has 0 saturated heterocycles. The molecule has 5 heteroatoms. The van der Waals surface area contributed by atoms with E-state index in [2.05, 4.69) is 18.5 Å². The first-order chi connectivity index (χ1) is 11.2. The van der Waals surface area contributed by atoms with Crippen molar-refractivity contribution in [1.29, 1.82) is 0 Å². The molecule has 5 nitrogen and oxygen atoms in total. The minimum Gasteiger partial charge on any atom is -0.459 e. The van der Waals surface area contributed by atoms with Crippen LogP contribution in [0.15, 0.2) is 72.4 Å². The summed E-state index contributed by atoms with van der Waals surface area (Å²) in [6, 6.07) is 9.90. The van der Waals surface area contributed by atoms with Crippen LogP contribution in [0.3, 0.4) is 0 Å². The number of hydrogen-bond acceptors (Lipinski definition) is 3. The lowest BCUT2D eigenvalue weighted by atomic mass is 10.1. The molecule has 0 bridgehead atoms. The molecular formula is C18H18N2O3. The Morgan fingerprint density at radius 3 is 2.26 bits per heavy atom. The number of carbonyl (C=O) groups excluding carboxylic acids is 2. The van der Waals surface area contributed by atoms with Gasteiger partial charge in [0, 0.05) is 24.3 Å². The molecule has 1 heterocycles. The van der Waals surface area contributed by atoms with Crippen LogP contribution in [0.2, 0.25) is 0 Å². The number of amides is 2. The Morgan fingerprint density at radius 2 is 1.74 bits per heavy atom. The third kappa shape index (κ3) is 4.20. The molecule has 118 valence electrons. The molecule has 0 atom stereocenters. The lowest BCUT2D eigenvalue weighted by Gasteiger charge is -2.19. The fourth-order valence-corrected chi connectivity index (χ4v) is 2.03. The third-order valence-electron chi connectivity index (χ3n) is 3.12. The average Bonchev–Trinajstić information content (AvgIpc) is 3.09. The van der Waals surface area contributed by atoms with Crippen molar-refractivity contribution in [1.82, 2.24) is 4.90 Å². The van der Waals surface area contributed by atoms with Crippen molar-refractivity contribution >= 4 is 17.5 Å². The number of furan rings is 1. The van der Waals surface area contributed by atoms with E-state index in [4.69, 9.17) is 4.42 Å². The summed E-state index contributed by atoms with van der Waals surface area (Å²) in [4.78, 5) is 25.9. The van der Waals surface area contributed by atoms with Crippen LogP contribution in [-0.4, -0.2) is 29.8 Å². The fourth-order valence-electron chi connectivity index (χ4n) is 2.03. The van der Waals surface area contributed by atoms with Crippen LogP contribution in [0.25, 0.3) is 0 Å². The highest BCUT2D eigenvalue weighted by Gasteiger charge is 2.14. The summed E-state index contributed by atoms with van der Waals surface area (Å²) in [6.45, 7) is 8.18. The van der Waals surface area contributed by atoms with Gasteiger partial charge in [-0.15, -0.1) is 13.2 Å². The normalized spacial score (nSPS) is 9.91. The van der Waals surface area contributed by atoms with Crippen molar-refractivity contribution in [2.24, 2.45) is 0 Å². The quantitative estimate of drug-likeness (QED) is 0.798. The van der Waals surface area contributed by atoms with Gasteiger partial charge in [-0.05, 0) is 36.4 Å². The summed E-state index contributed by atoms with van der Waals surface area (Å²) in [6.07, 6.45) is 4.77.